The minimum absolute atomic E-state index is 0.0612. The van der Waals surface area contributed by atoms with Crippen LogP contribution in [0.15, 0.2) is 29.4 Å². The molecule has 1 unspecified atom stereocenters. The Balaban J connectivity index is 1.94. The van der Waals surface area contributed by atoms with Gasteiger partial charge < -0.3 is 15.8 Å². The summed E-state index contributed by atoms with van der Waals surface area (Å²) in [6.07, 6.45) is 0. The standard InChI is InChI=1S/C15H22N4O2/c1-11-3-5-13(6-4-11)15(20)19-9-7-18(8-10-19)12(2)14(16)17-21/h3-6,12,21H,7-10H2,1-2H3,(H2,16,17). The predicted molar refractivity (Wildman–Crippen MR) is 81.5 cm³/mol. The van der Waals surface area contributed by atoms with Crippen LogP contribution < -0.4 is 5.73 Å². The summed E-state index contributed by atoms with van der Waals surface area (Å²) >= 11 is 0. The monoisotopic (exact) mass is 290 g/mol. The van der Waals surface area contributed by atoms with Crippen molar-refractivity contribution in [2.24, 2.45) is 10.9 Å². The Morgan fingerprint density at radius 1 is 1.24 bits per heavy atom. The minimum Gasteiger partial charge on any atom is -0.409 e. The highest BCUT2D eigenvalue weighted by Crippen LogP contribution is 2.11. The Kier molecular flexibility index (Phi) is 4.80. The fourth-order valence-corrected chi connectivity index (χ4v) is 2.46. The number of aryl methyl sites for hydroxylation is 1. The number of carbonyl (C=O) groups is 1. The number of nitrogens with zero attached hydrogens (tertiary/aromatic N) is 3. The van der Waals surface area contributed by atoms with Gasteiger partial charge >= 0.3 is 0 Å². The molecule has 0 bridgehead atoms. The van der Waals surface area contributed by atoms with Crippen molar-refractivity contribution in [2.45, 2.75) is 19.9 Å². The molecule has 1 aromatic rings. The average Bonchev–Trinajstić information content (AvgIpc) is 2.53. The molecule has 114 valence electrons. The maximum absolute atomic E-state index is 12.4. The van der Waals surface area contributed by atoms with Crippen molar-refractivity contribution in [2.75, 3.05) is 26.2 Å². The van der Waals surface area contributed by atoms with E-state index in [0.29, 0.717) is 13.1 Å². The van der Waals surface area contributed by atoms with Crippen molar-refractivity contribution >= 4 is 11.7 Å². The van der Waals surface area contributed by atoms with Gasteiger partial charge in [0, 0.05) is 31.7 Å². The van der Waals surface area contributed by atoms with Gasteiger partial charge in [-0.3, -0.25) is 9.69 Å². The Morgan fingerprint density at radius 3 is 2.33 bits per heavy atom. The summed E-state index contributed by atoms with van der Waals surface area (Å²) in [5.74, 6) is 0.263. The van der Waals surface area contributed by atoms with Gasteiger partial charge in [-0.25, -0.2) is 0 Å². The van der Waals surface area contributed by atoms with Crippen molar-refractivity contribution < 1.29 is 10.0 Å². The summed E-state index contributed by atoms with van der Waals surface area (Å²) in [6, 6.07) is 7.51. The maximum Gasteiger partial charge on any atom is 0.253 e. The van der Waals surface area contributed by atoms with Crippen molar-refractivity contribution in [3.63, 3.8) is 0 Å². The van der Waals surface area contributed by atoms with E-state index in [0.717, 1.165) is 24.2 Å². The van der Waals surface area contributed by atoms with E-state index < -0.39 is 0 Å². The zero-order valence-corrected chi connectivity index (χ0v) is 12.5. The van der Waals surface area contributed by atoms with Crippen LogP contribution in [0.5, 0.6) is 0 Å². The topological polar surface area (TPSA) is 82.2 Å². The molecule has 21 heavy (non-hydrogen) atoms. The van der Waals surface area contributed by atoms with Crippen molar-refractivity contribution in [3.8, 4) is 0 Å². The molecule has 1 atom stereocenters. The Labute approximate surface area is 124 Å². The van der Waals surface area contributed by atoms with E-state index in [1.807, 2.05) is 43.0 Å². The van der Waals surface area contributed by atoms with Crippen LogP contribution in [0.1, 0.15) is 22.8 Å². The molecule has 3 N–H and O–H groups in total. The third-order valence-electron chi connectivity index (χ3n) is 3.99. The van der Waals surface area contributed by atoms with Crippen molar-refractivity contribution in [1.82, 2.24) is 9.80 Å². The molecular formula is C15H22N4O2. The number of rotatable bonds is 3. The van der Waals surface area contributed by atoms with Crippen LogP contribution >= 0.6 is 0 Å². The first kappa shape index (κ1) is 15.3. The molecule has 6 nitrogen and oxygen atoms in total. The van der Waals surface area contributed by atoms with Crippen molar-refractivity contribution in [3.05, 3.63) is 35.4 Å². The fraction of sp³-hybridized carbons (Fsp3) is 0.467. The molecule has 0 aromatic heterocycles. The van der Waals surface area contributed by atoms with Crippen molar-refractivity contribution in [1.29, 1.82) is 0 Å². The lowest BCUT2D eigenvalue weighted by molar-refractivity contribution is 0.0619. The molecule has 1 aliphatic heterocycles. The van der Waals surface area contributed by atoms with Crippen LogP contribution in [0, 0.1) is 6.92 Å². The zero-order chi connectivity index (χ0) is 15.4. The molecule has 6 heteroatoms. The summed E-state index contributed by atoms with van der Waals surface area (Å²) < 4.78 is 0. The van der Waals surface area contributed by atoms with Gasteiger partial charge in [-0.2, -0.15) is 0 Å². The smallest absolute Gasteiger partial charge is 0.253 e. The highest BCUT2D eigenvalue weighted by atomic mass is 16.4. The van der Waals surface area contributed by atoms with Gasteiger partial charge in [-0.1, -0.05) is 22.9 Å². The van der Waals surface area contributed by atoms with Gasteiger partial charge in [0.1, 0.15) is 0 Å². The molecule has 0 saturated carbocycles. The first-order valence-corrected chi connectivity index (χ1v) is 7.10. The lowest BCUT2D eigenvalue weighted by atomic mass is 10.1. The van der Waals surface area contributed by atoms with E-state index in [2.05, 4.69) is 10.1 Å². The van der Waals surface area contributed by atoms with E-state index >= 15 is 0 Å². The van der Waals surface area contributed by atoms with Crippen LogP contribution in [-0.4, -0.2) is 59.0 Å². The molecule has 0 aliphatic carbocycles. The summed E-state index contributed by atoms with van der Waals surface area (Å²) in [6.45, 7) is 6.63. The second kappa shape index (κ2) is 6.58. The molecule has 0 spiro atoms. The molecule has 1 aromatic carbocycles. The van der Waals surface area contributed by atoms with Crippen LogP contribution in [0.2, 0.25) is 0 Å². The van der Waals surface area contributed by atoms with E-state index in [1.54, 1.807) is 0 Å². The number of oxime groups is 1. The van der Waals surface area contributed by atoms with Gasteiger partial charge in [0.15, 0.2) is 5.84 Å². The SMILES string of the molecule is Cc1ccc(C(=O)N2CCN(C(C)C(N)=NO)CC2)cc1. The van der Waals surface area contributed by atoms with E-state index in [1.165, 1.54) is 0 Å². The Hall–Kier alpha value is -2.08. The summed E-state index contributed by atoms with van der Waals surface area (Å²) in [4.78, 5) is 16.3. The second-order valence-corrected chi connectivity index (χ2v) is 5.40. The second-order valence-electron chi connectivity index (χ2n) is 5.40. The summed E-state index contributed by atoms with van der Waals surface area (Å²) in [5.41, 5.74) is 7.49. The molecule has 1 aliphatic rings. The highest BCUT2D eigenvalue weighted by molar-refractivity contribution is 5.94. The predicted octanol–water partition coefficient (Wildman–Crippen LogP) is 0.888. The van der Waals surface area contributed by atoms with Crippen LogP contribution in [0.3, 0.4) is 0 Å². The van der Waals surface area contributed by atoms with Crippen LogP contribution in [-0.2, 0) is 0 Å². The molecule has 1 amide bonds. The largest absolute Gasteiger partial charge is 0.409 e. The first-order valence-electron chi connectivity index (χ1n) is 7.10. The zero-order valence-electron chi connectivity index (χ0n) is 12.5. The summed E-state index contributed by atoms with van der Waals surface area (Å²) in [5, 5.41) is 11.8. The lowest BCUT2D eigenvalue weighted by Gasteiger charge is -2.37. The van der Waals surface area contributed by atoms with Gasteiger partial charge in [-0.15, -0.1) is 0 Å². The summed E-state index contributed by atoms with van der Waals surface area (Å²) in [7, 11) is 0. The number of amides is 1. The minimum atomic E-state index is -0.119. The number of hydrogen-bond donors (Lipinski definition) is 2. The lowest BCUT2D eigenvalue weighted by Crippen LogP contribution is -2.54. The molecule has 1 fully saturated rings. The fourth-order valence-electron chi connectivity index (χ4n) is 2.46. The van der Waals surface area contributed by atoms with Crippen LogP contribution in [0.25, 0.3) is 0 Å². The normalized spacial score (nSPS) is 18.6. The van der Waals surface area contributed by atoms with Gasteiger partial charge in [0.2, 0.25) is 0 Å². The van der Waals surface area contributed by atoms with E-state index in [4.69, 9.17) is 10.9 Å². The third-order valence-corrected chi connectivity index (χ3v) is 3.99. The molecule has 1 saturated heterocycles. The van der Waals surface area contributed by atoms with E-state index in [-0.39, 0.29) is 17.8 Å². The Morgan fingerprint density at radius 2 is 1.81 bits per heavy atom. The number of carbonyl (C=O) groups excluding carboxylic acids is 1. The molecule has 1 heterocycles. The quantitative estimate of drug-likeness (QED) is 0.375. The number of benzene rings is 1. The number of piperazine rings is 1. The molecule has 2 rings (SSSR count). The van der Waals surface area contributed by atoms with Crippen LogP contribution in [0.4, 0.5) is 0 Å². The molecule has 0 radical (unpaired) electrons. The number of hydrogen-bond acceptors (Lipinski definition) is 4. The Bertz CT molecular complexity index is 519. The average molecular weight is 290 g/mol. The van der Waals surface area contributed by atoms with Gasteiger partial charge in [-0.05, 0) is 26.0 Å². The first-order chi connectivity index (χ1) is 10.0. The van der Waals surface area contributed by atoms with Gasteiger partial charge in [0.05, 0.1) is 6.04 Å². The third kappa shape index (κ3) is 3.52. The number of nitrogens with two attached hydrogens (primary N) is 1. The number of amidine groups is 1. The van der Waals surface area contributed by atoms with E-state index in [9.17, 15) is 4.79 Å². The highest BCUT2D eigenvalue weighted by Gasteiger charge is 2.26. The molecular weight excluding hydrogens is 268 g/mol. The van der Waals surface area contributed by atoms with Gasteiger partial charge in [0.25, 0.3) is 5.91 Å². The maximum atomic E-state index is 12.4.